The summed E-state index contributed by atoms with van der Waals surface area (Å²) >= 11 is 0. The molecule has 3 rings (SSSR count). The number of esters is 1. The summed E-state index contributed by atoms with van der Waals surface area (Å²) < 4.78 is 21.9. The second kappa shape index (κ2) is 9.78. The molecule has 0 bridgehead atoms. The van der Waals surface area contributed by atoms with E-state index >= 15 is 0 Å². The van der Waals surface area contributed by atoms with E-state index in [1.807, 2.05) is 54.6 Å². The fourth-order valence-electron chi connectivity index (χ4n) is 2.79. The molecule has 142 valence electrons. The Hall–Kier alpha value is -2.79. The van der Waals surface area contributed by atoms with E-state index in [0.29, 0.717) is 19.0 Å². The Bertz CT molecular complexity index is 752. The molecule has 1 saturated heterocycles. The molecule has 5 nitrogen and oxygen atoms in total. The molecular formula is C22H24O5. The van der Waals surface area contributed by atoms with Gasteiger partial charge in [-0.1, -0.05) is 42.5 Å². The predicted molar refractivity (Wildman–Crippen MR) is 101 cm³/mol. The number of benzene rings is 2. The first-order chi connectivity index (χ1) is 13.2. The summed E-state index contributed by atoms with van der Waals surface area (Å²) in [5.74, 6) is 1.10. The number of carbonyl (C=O) groups is 1. The van der Waals surface area contributed by atoms with Gasteiger partial charge in [-0.15, -0.1) is 0 Å². The van der Waals surface area contributed by atoms with E-state index < -0.39 is 0 Å². The number of hydrogen-bond donors (Lipinski definition) is 0. The zero-order valence-corrected chi connectivity index (χ0v) is 15.4. The van der Waals surface area contributed by atoms with E-state index in [0.717, 1.165) is 29.7 Å². The highest BCUT2D eigenvalue weighted by atomic mass is 16.5. The van der Waals surface area contributed by atoms with Crippen LogP contribution in [-0.2, 0) is 32.2 Å². The van der Waals surface area contributed by atoms with Crippen molar-refractivity contribution in [3.05, 3.63) is 77.6 Å². The molecule has 2 aromatic carbocycles. The van der Waals surface area contributed by atoms with Crippen molar-refractivity contribution in [1.82, 2.24) is 0 Å². The Morgan fingerprint density at radius 1 is 1.07 bits per heavy atom. The molecule has 1 atom stereocenters. The fraction of sp³-hybridized carbons (Fsp3) is 0.318. The van der Waals surface area contributed by atoms with Gasteiger partial charge >= 0.3 is 5.97 Å². The minimum atomic E-state index is -0.381. The maximum Gasteiger partial charge on any atom is 0.334 e. The Morgan fingerprint density at radius 2 is 1.81 bits per heavy atom. The third-order valence-corrected chi connectivity index (χ3v) is 4.27. The molecule has 0 N–H and O–H groups in total. The second-order valence-corrected chi connectivity index (χ2v) is 6.35. The van der Waals surface area contributed by atoms with Crippen LogP contribution in [0.25, 0.3) is 0 Å². The zero-order valence-electron chi connectivity index (χ0n) is 15.4. The van der Waals surface area contributed by atoms with Crippen LogP contribution in [0, 0.1) is 0 Å². The van der Waals surface area contributed by atoms with Gasteiger partial charge in [0.1, 0.15) is 24.2 Å². The van der Waals surface area contributed by atoms with Crippen molar-refractivity contribution in [2.24, 2.45) is 0 Å². The number of hydrogen-bond acceptors (Lipinski definition) is 5. The molecule has 27 heavy (non-hydrogen) atoms. The maximum absolute atomic E-state index is 11.9. The van der Waals surface area contributed by atoms with Crippen LogP contribution >= 0.6 is 0 Å². The summed E-state index contributed by atoms with van der Waals surface area (Å²) in [7, 11) is 1.64. The normalized spacial score (nSPS) is 17.5. The lowest BCUT2D eigenvalue weighted by molar-refractivity contribution is -0.139. The van der Waals surface area contributed by atoms with Gasteiger partial charge in [0.05, 0.1) is 26.4 Å². The molecule has 0 amide bonds. The summed E-state index contributed by atoms with van der Waals surface area (Å²) in [6.07, 6.45) is 2.96. The van der Waals surface area contributed by atoms with Gasteiger partial charge in [-0.25, -0.2) is 4.79 Å². The molecule has 1 fully saturated rings. The summed E-state index contributed by atoms with van der Waals surface area (Å²) in [5.41, 5.74) is 2.04. The molecule has 0 aromatic heterocycles. The number of rotatable bonds is 8. The standard InChI is InChI=1S/C22H24O5/c1-24-19-9-7-18(8-10-19)14-25-16-21-12-11-20(27-21)13-22(23)26-15-17-5-3-2-4-6-17/h2-10,13,21H,11-12,14-16H2,1H3/b20-13+/t21-/m1/s1. The third kappa shape index (κ3) is 6.15. The first-order valence-electron chi connectivity index (χ1n) is 9.01. The van der Waals surface area contributed by atoms with Crippen LogP contribution in [0.3, 0.4) is 0 Å². The van der Waals surface area contributed by atoms with Crippen molar-refractivity contribution < 1.29 is 23.7 Å². The molecule has 0 saturated carbocycles. The lowest BCUT2D eigenvalue weighted by atomic mass is 10.2. The van der Waals surface area contributed by atoms with Crippen molar-refractivity contribution in [3.8, 4) is 5.75 Å². The Balaban J connectivity index is 1.37. The molecule has 0 unspecified atom stereocenters. The van der Waals surface area contributed by atoms with Gasteiger partial charge in [-0.3, -0.25) is 0 Å². The largest absolute Gasteiger partial charge is 0.497 e. The second-order valence-electron chi connectivity index (χ2n) is 6.35. The van der Waals surface area contributed by atoms with Crippen LogP contribution in [0.15, 0.2) is 66.4 Å². The van der Waals surface area contributed by atoms with Crippen molar-refractivity contribution in [2.45, 2.75) is 32.2 Å². The Morgan fingerprint density at radius 3 is 2.56 bits per heavy atom. The number of carbonyl (C=O) groups excluding carboxylic acids is 1. The topological polar surface area (TPSA) is 54.0 Å². The van der Waals surface area contributed by atoms with Gasteiger partial charge in [0, 0.05) is 6.42 Å². The van der Waals surface area contributed by atoms with Gasteiger partial charge in [-0.2, -0.15) is 0 Å². The number of methoxy groups -OCH3 is 1. The monoisotopic (exact) mass is 368 g/mol. The van der Waals surface area contributed by atoms with E-state index in [4.69, 9.17) is 18.9 Å². The van der Waals surface area contributed by atoms with E-state index in [2.05, 4.69) is 0 Å². The van der Waals surface area contributed by atoms with Crippen molar-refractivity contribution in [1.29, 1.82) is 0 Å². The highest BCUT2D eigenvalue weighted by Crippen LogP contribution is 2.23. The van der Waals surface area contributed by atoms with E-state index in [-0.39, 0.29) is 18.7 Å². The van der Waals surface area contributed by atoms with Crippen molar-refractivity contribution in [2.75, 3.05) is 13.7 Å². The highest BCUT2D eigenvalue weighted by Gasteiger charge is 2.21. The van der Waals surface area contributed by atoms with Crippen LogP contribution in [0.2, 0.25) is 0 Å². The van der Waals surface area contributed by atoms with Crippen molar-refractivity contribution in [3.63, 3.8) is 0 Å². The number of allylic oxidation sites excluding steroid dienone is 1. The predicted octanol–water partition coefficient (Wildman–Crippen LogP) is 4.02. The van der Waals surface area contributed by atoms with Crippen LogP contribution in [0.4, 0.5) is 0 Å². The molecule has 0 spiro atoms. The van der Waals surface area contributed by atoms with Gasteiger partial charge in [-0.05, 0) is 29.7 Å². The molecule has 1 aliphatic heterocycles. The lowest BCUT2D eigenvalue weighted by Crippen LogP contribution is -2.13. The Kier molecular flexibility index (Phi) is 6.88. The molecule has 5 heteroatoms. The summed E-state index contributed by atoms with van der Waals surface area (Å²) in [4.78, 5) is 11.9. The zero-order chi connectivity index (χ0) is 18.9. The maximum atomic E-state index is 11.9. The first-order valence-corrected chi connectivity index (χ1v) is 9.01. The minimum absolute atomic E-state index is 0.0311. The SMILES string of the molecule is COc1ccc(COC[C@H]2CC/C(=C\C(=O)OCc3ccccc3)O2)cc1. The average molecular weight is 368 g/mol. The van der Waals surface area contributed by atoms with E-state index in [9.17, 15) is 4.79 Å². The molecule has 0 aliphatic carbocycles. The smallest absolute Gasteiger partial charge is 0.334 e. The molecule has 2 aromatic rings. The summed E-state index contributed by atoms with van der Waals surface area (Å²) in [6, 6.07) is 17.4. The van der Waals surface area contributed by atoms with Crippen LogP contribution in [-0.4, -0.2) is 25.8 Å². The minimum Gasteiger partial charge on any atom is -0.497 e. The number of ether oxygens (including phenoxy) is 4. The quantitative estimate of drug-likeness (QED) is 0.520. The third-order valence-electron chi connectivity index (χ3n) is 4.27. The Labute approximate surface area is 159 Å². The van der Waals surface area contributed by atoms with E-state index in [1.54, 1.807) is 7.11 Å². The molecular weight excluding hydrogens is 344 g/mol. The first kappa shape index (κ1) is 19.0. The summed E-state index contributed by atoms with van der Waals surface area (Å²) in [6.45, 7) is 1.27. The average Bonchev–Trinajstić information content (AvgIpc) is 3.15. The molecule has 1 heterocycles. The summed E-state index contributed by atoms with van der Waals surface area (Å²) in [5, 5.41) is 0. The van der Waals surface area contributed by atoms with Gasteiger partial charge in [0.2, 0.25) is 0 Å². The van der Waals surface area contributed by atoms with Crippen LogP contribution in [0.1, 0.15) is 24.0 Å². The van der Waals surface area contributed by atoms with E-state index in [1.165, 1.54) is 6.08 Å². The van der Waals surface area contributed by atoms with Crippen molar-refractivity contribution >= 4 is 5.97 Å². The molecule has 0 radical (unpaired) electrons. The molecule has 1 aliphatic rings. The van der Waals surface area contributed by atoms with Gasteiger partial charge < -0.3 is 18.9 Å². The van der Waals surface area contributed by atoms with Crippen LogP contribution in [0.5, 0.6) is 5.75 Å². The van der Waals surface area contributed by atoms with Crippen LogP contribution < -0.4 is 4.74 Å². The fourth-order valence-corrected chi connectivity index (χ4v) is 2.79. The van der Waals surface area contributed by atoms with Gasteiger partial charge in [0.15, 0.2) is 0 Å². The van der Waals surface area contributed by atoms with Gasteiger partial charge in [0.25, 0.3) is 0 Å². The lowest BCUT2D eigenvalue weighted by Gasteiger charge is -2.11. The highest BCUT2D eigenvalue weighted by molar-refractivity contribution is 5.82.